The van der Waals surface area contributed by atoms with E-state index in [0.29, 0.717) is 0 Å². The molecule has 2 heteroatoms. The fourth-order valence-corrected chi connectivity index (χ4v) is 2.16. The predicted molar refractivity (Wildman–Crippen MR) is 57.9 cm³/mol. The Morgan fingerprint density at radius 1 is 1.42 bits per heavy atom. The van der Waals surface area contributed by atoms with Crippen molar-refractivity contribution < 1.29 is 0 Å². The molecule has 0 aromatic carbocycles. The summed E-state index contributed by atoms with van der Waals surface area (Å²) in [6.07, 6.45) is 5.69. The quantitative estimate of drug-likeness (QED) is 0.662. The maximum Gasteiger partial charge on any atom is 0.00923 e. The smallest absolute Gasteiger partial charge is 0.00923 e. The SMILES string of the molecule is CC(CS)CN(C)C1CCCC1. The third-order valence-electron chi connectivity index (χ3n) is 2.86. The van der Waals surface area contributed by atoms with Crippen molar-refractivity contribution in [2.75, 3.05) is 19.3 Å². The maximum absolute atomic E-state index is 4.31. The van der Waals surface area contributed by atoms with Gasteiger partial charge in [-0.3, -0.25) is 0 Å². The van der Waals surface area contributed by atoms with E-state index in [1.165, 1.54) is 32.2 Å². The Bertz CT molecular complexity index is 121. The van der Waals surface area contributed by atoms with Crippen LogP contribution in [-0.4, -0.2) is 30.3 Å². The van der Waals surface area contributed by atoms with Gasteiger partial charge in [0.05, 0.1) is 0 Å². The van der Waals surface area contributed by atoms with Gasteiger partial charge in [0, 0.05) is 12.6 Å². The summed E-state index contributed by atoms with van der Waals surface area (Å²) in [5.41, 5.74) is 0. The van der Waals surface area contributed by atoms with Crippen LogP contribution in [0.3, 0.4) is 0 Å². The van der Waals surface area contributed by atoms with E-state index in [-0.39, 0.29) is 0 Å². The molecule has 72 valence electrons. The van der Waals surface area contributed by atoms with E-state index in [2.05, 4.69) is 31.5 Å². The molecule has 12 heavy (non-hydrogen) atoms. The van der Waals surface area contributed by atoms with Crippen molar-refractivity contribution in [3.63, 3.8) is 0 Å². The predicted octanol–water partition coefficient (Wildman–Crippen LogP) is 2.43. The number of hydrogen-bond donors (Lipinski definition) is 1. The lowest BCUT2D eigenvalue weighted by molar-refractivity contribution is 0.221. The zero-order valence-electron chi connectivity index (χ0n) is 8.29. The third-order valence-corrected chi connectivity index (χ3v) is 3.48. The molecule has 1 aliphatic carbocycles. The molecule has 0 aliphatic heterocycles. The highest BCUT2D eigenvalue weighted by atomic mass is 32.1. The molecule has 0 aromatic heterocycles. The second-order valence-electron chi connectivity index (χ2n) is 4.17. The van der Waals surface area contributed by atoms with Crippen molar-refractivity contribution in [3.8, 4) is 0 Å². The molecule has 0 radical (unpaired) electrons. The van der Waals surface area contributed by atoms with E-state index in [0.717, 1.165) is 17.7 Å². The van der Waals surface area contributed by atoms with Crippen molar-refractivity contribution in [2.45, 2.75) is 38.6 Å². The van der Waals surface area contributed by atoms with Gasteiger partial charge in [-0.1, -0.05) is 19.8 Å². The summed E-state index contributed by atoms with van der Waals surface area (Å²) in [5, 5.41) is 0. The minimum Gasteiger partial charge on any atom is -0.303 e. The minimum absolute atomic E-state index is 0.735. The fourth-order valence-electron chi connectivity index (χ4n) is 2.04. The van der Waals surface area contributed by atoms with E-state index in [9.17, 15) is 0 Å². The normalized spacial score (nSPS) is 22.0. The van der Waals surface area contributed by atoms with E-state index in [1.54, 1.807) is 0 Å². The molecule has 1 nitrogen and oxygen atoms in total. The summed E-state index contributed by atoms with van der Waals surface area (Å²) in [4.78, 5) is 2.52. The Morgan fingerprint density at radius 3 is 2.50 bits per heavy atom. The van der Waals surface area contributed by atoms with Gasteiger partial charge in [0.2, 0.25) is 0 Å². The van der Waals surface area contributed by atoms with Gasteiger partial charge in [-0.15, -0.1) is 0 Å². The van der Waals surface area contributed by atoms with Gasteiger partial charge < -0.3 is 4.90 Å². The van der Waals surface area contributed by atoms with Crippen molar-refractivity contribution in [2.24, 2.45) is 5.92 Å². The van der Waals surface area contributed by atoms with E-state index in [4.69, 9.17) is 0 Å². The molecule has 0 saturated heterocycles. The average Bonchev–Trinajstić information content (AvgIpc) is 2.56. The van der Waals surface area contributed by atoms with Crippen molar-refractivity contribution >= 4 is 12.6 Å². The molecule has 1 unspecified atom stereocenters. The molecule has 0 N–H and O–H groups in total. The molecule has 0 spiro atoms. The summed E-state index contributed by atoms with van der Waals surface area (Å²) >= 11 is 4.31. The summed E-state index contributed by atoms with van der Waals surface area (Å²) in [5.74, 6) is 1.75. The summed E-state index contributed by atoms with van der Waals surface area (Å²) in [7, 11) is 2.26. The Hall–Kier alpha value is 0.310. The second-order valence-corrected chi connectivity index (χ2v) is 4.53. The monoisotopic (exact) mass is 187 g/mol. The molecular formula is C10H21NS. The van der Waals surface area contributed by atoms with Crippen LogP contribution < -0.4 is 0 Å². The zero-order valence-corrected chi connectivity index (χ0v) is 9.19. The summed E-state index contributed by atoms with van der Waals surface area (Å²) < 4.78 is 0. The Morgan fingerprint density at radius 2 is 2.00 bits per heavy atom. The lowest BCUT2D eigenvalue weighted by Crippen LogP contribution is -2.33. The van der Waals surface area contributed by atoms with Crippen molar-refractivity contribution in [3.05, 3.63) is 0 Å². The van der Waals surface area contributed by atoms with Gasteiger partial charge >= 0.3 is 0 Å². The Balaban J connectivity index is 2.21. The molecule has 0 heterocycles. The van der Waals surface area contributed by atoms with Crippen LogP contribution in [0.1, 0.15) is 32.6 Å². The Labute approximate surface area is 81.9 Å². The topological polar surface area (TPSA) is 3.24 Å². The minimum atomic E-state index is 0.735. The molecule has 1 atom stereocenters. The van der Waals surface area contributed by atoms with Gasteiger partial charge in [-0.2, -0.15) is 12.6 Å². The zero-order chi connectivity index (χ0) is 8.97. The van der Waals surface area contributed by atoms with Crippen LogP contribution in [0.25, 0.3) is 0 Å². The molecule has 0 aromatic rings. The van der Waals surface area contributed by atoms with Crippen LogP contribution in [-0.2, 0) is 0 Å². The van der Waals surface area contributed by atoms with E-state index in [1.807, 2.05) is 0 Å². The molecule has 1 rings (SSSR count). The number of nitrogens with zero attached hydrogens (tertiary/aromatic N) is 1. The van der Waals surface area contributed by atoms with Gasteiger partial charge in [0.25, 0.3) is 0 Å². The highest BCUT2D eigenvalue weighted by Crippen LogP contribution is 2.22. The largest absolute Gasteiger partial charge is 0.303 e. The van der Waals surface area contributed by atoms with Crippen LogP contribution in [0.5, 0.6) is 0 Å². The third kappa shape index (κ3) is 2.98. The van der Waals surface area contributed by atoms with E-state index < -0.39 is 0 Å². The van der Waals surface area contributed by atoms with Crippen molar-refractivity contribution in [1.82, 2.24) is 4.90 Å². The van der Waals surface area contributed by atoms with E-state index >= 15 is 0 Å². The number of hydrogen-bond acceptors (Lipinski definition) is 2. The summed E-state index contributed by atoms with van der Waals surface area (Å²) in [6, 6.07) is 0.868. The first-order valence-corrected chi connectivity index (χ1v) is 5.68. The number of rotatable bonds is 4. The van der Waals surface area contributed by atoms with Crippen LogP contribution in [0, 0.1) is 5.92 Å². The van der Waals surface area contributed by atoms with Gasteiger partial charge in [0.15, 0.2) is 0 Å². The molecule has 0 amide bonds. The summed E-state index contributed by atoms with van der Waals surface area (Å²) in [6.45, 7) is 3.49. The number of thiol groups is 1. The van der Waals surface area contributed by atoms with Gasteiger partial charge in [-0.05, 0) is 31.6 Å². The highest BCUT2D eigenvalue weighted by molar-refractivity contribution is 7.80. The Kier molecular flexibility index (Phi) is 4.44. The lowest BCUT2D eigenvalue weighted by atomic mass is 10.1. The van der Waals surface area contributed by atoms with Crippen LogP contribution >= 0.6 is 12.6 Å². The molecule has 1 fully saturated rings. The maximum atomic E-state index is 4.31. The average molecular weight is 187 g/mol. The first kappa shape index (κ1) is 10.4. The molecular weight excluding hydrogens is 166 g/mol. The first-order valence-electron chi connectivity index (χ1n) is 5.05. The second kappa shape index (κ2) is 5.13. The lowest BCUT2D eigenvalue weighted by Gasteiger charge is -2.26. The highest BCUT2D eigenvalue weighted by Gasteiger charge is 2.19. The van der Waals surface area contributed by atoms with Crippen molar-refractivity contribution in [1.29, 1.82) is 0 Å². The van der Waals surface area contributed by atoms with Crippen LogP contribution in [0.2, 0.25) is 0 Å². The molecule has 1 saturated carbocycles. The molecule has 0 bridgehead atoms. The van der Waals surface area contributed by atoms with Gasteiger partial charge in [0.1, 0.15) is 0 Å². The standard InChI is InChI=1S/C10H21NS/c1-9(8-12)7-11(2)10-5-3-4-6-10/h9-10,12H,3-8H2,1-2H3. The first-order chi connectivity index (χ1) is 5.74. The van der Waals surface area contributed by atoms with Gasteiger partial charge in [-0.25, -0.2) is 0 Å². The molecule has 1 aliphatic rings. The van der Waals surface area contributed by atoms with Crippen LogP contribution in [0.4, 0.5) is 0 Å². The van der Waals surface area contributed by atoms with Crippen LogP contribution in [0.15, 0.2) is 0 Å². The fraction of sp³-hybridized carbons (Fsp3) is 1.00.